The van der Waals surface area contributed by atoms with Gasteiger partial charge in [0.15, 0.2) is 12.6 Å². The molecule has 3 heterocycles. The van der Waals surface area contributed by atoms with Crippen molar-refractivity contribution in [2.24, 2.45) is 17.8 Å². The quantitative estimate of drug-likeness (QED) is 0.0718. The Morgan fingerprint density at radius 3 is 2.46 bits per heavy atom. The van der Waals surface area contributed by atoms with E-state index in [-0.39, 0.29) is 48.9 Å². The highest BCUT2D eigenvalue weighted by atomic mass is 127. The zero-order valence-corrected chi connectivity index (χ0v) is 27.8. The Balaban J connectivity index is 1.43. The molecule has 0 amide bonds. The maximum Gasteiger partial charge on any atom is 0.305 e. The third-order valence-electron chi connectivity index (χ3n) is 9.37. The Hall–Kier alpha value is -0.260. The van der Waals surface area contributed by atoms with Gasteiger partial charge in [-0.3, -0.25) is 4.79 Å². The predicted molar refractivity (Wildman–Crippen MR) is 168 cm³/mol. The highest BCUT2D eigenvalue weighted by Crippen LogP contribution is 2.48. The minimum atomic E-state index is -0.132. The van der Waals surface area contributed by atoms with Crippen LogP contribution in [0.25, 0.3) is 0 Å². The molecule has 41 heavy (non-hydrogen) atoms. The molecule has 10 atom stereocenters. The van der Waals surface area contributed by atoms with E-state index in [9.17, 15) is 4.79 Å². The highest BCUT2D eigenvalue weighted by Gasteiger charge is 2.51. The normalized spacial score (nSPS) is 34.4. The lowest BCUT2D eigenvalue weighted by Gasteiger charge is -2.30. The summed E-state index contributed by atoms with van der Waals surface area (Å²) in [6, 6.07) is 0. The zero-order valence-electron chi connectivity index (χ0n) is 25.7. The number of rotatable bonds is 16. The molecule has 4 rings (SSSR count). The van der Waals surface area contributed by atoms with Crippen LogP contribution in [0.4, 0.5) is 0 Å². The van der Waals surface area contributed by atoms with Gasteiger partial charge in [-0.2, -0.15) is 0 Å². The molecule has 4 fully saturated rings. The molecule has 0 aromatic heterocycles. The van der Waals surface area contributed by atoms with Gasteiger partial charge in [0.2, 0.25) is 0 Å². The molecule has 0 aromatic rings. The fourth-order valence-electron chi connectivity index (χ4n) is 7.00. The van der Waals surface area contributed by atoms with E-state index in [1.54, 1.807) is 0 Å². The minimum absolute atomic E-state index is 0.0457. The number of halogens is 1. The Kier molecular flexibility index (Phi) is 14.7. The van der Waals surface area contributed by atoms with Crippen LogP contribution in [0.5, 0.6) is 0 Å². The van der Waals surface area contributed by atoms with Crippen molar-refractivity contribution in [3.8, 4) is 0 Å². The molecule has 1 aliphatic carbocycles. The fraction of sp³-hybridized carbons (Fsp3) is 0.909. The van der Waals surface area contributed by atoms with Gasteiger partial charge in [-0.1, -0.05) is 67.9 Å². The van der Waals surface area contributed by atoms with Gasteiger partial charge >= 0.3 is 5.97 Å². The molecule has 7 nitrogen and oxygen atoms in total. The number of ether oxygens (including phenoxy) is 6. The van der Waals surface area contributed by atoms with Crippen molar-refractivity contribution in [1.29, 1.82) is 0 Å². The van der Waals surface area contributed by atoms with E-state index in [0.717, 1.165) is 71.0 Å². The number of unbranched alkanes of at least 4 members (excludes halogenated alkanes) is 1. The van der Waals surface area contributed by atoms with Gasteiger partial charge in [-0.25, -0.2) is 0 Å². The van der Waals surface area contributed by atoms with E-state index in [0.29, 0.717) is 22.2 Å². The number of hydrogen-bond donors (Lipinski definition) is 0. The third-order valence-corrected chi connectivity index (χ3v) is 10.8. The second-order valence-corrected chi connectivity index (χ2v) is 14.3. The Labute approximate surface area is 262 Å². The Bertz CT molecular complexity index is 782. The molecule has 0 spiro atoms. The summed E-state index contributed by atoms with van der Waals surface area (Å²) < 4.78 is 37.1. The number of hydrogen-bond acceptors (Lipinski definition) is 7. The molecule has 3 saturated heterocycles. The van der Waals surface area contributed by atoms with Gasteiger partial charge in [-0.15, -0.1) is 0 Å². The Morgan fingerprint density at radius 1 is 1.02 bits per heavy atom. The largest absolute Gasteiger partial charge is 0.469 e. The number of esters is 1. The molecule has 4 aliphatic rings. The topological polar surface area (TPSA) is 72.5 Å². The lowest BCUT2D eigenvalue weighted by molar-refractivity contribution is -0.194. The number of carbonyl (C=O) groups is 1. The molecule has 236 valence electrons. The first-order valence-corrected chi connectivity index (χ1v) is 17.8. The highest BCUT2D eigenvalue weighted by molar-refractivity contribution is 14.1. The van der Waals surface area contributed by atoms with Crippen LogP contribution in [0.1, 0.15) is 110 Å². The van der Waals surface area contributed by atoms with Gasteiger partial charge in [0.05, 0.1) is 31.5 Å². The average Bonchev–Trinajstić information content (AvgIpc) is 3.53. The molecular formula is C33H55IO7. The third kappa shape index (κ3) is 10.7. The second kappa shape index (κ2) is 17.9. The van der Waals surface area contributed by atoms with Gasteiger partial charge in [0, 0.05) is 35.9 Å². The Morgan fingerprint density at radius 2 is 1.78 bits per heavy atom. The molecule has 0 bridgehead atoms. The minimum Gasteiger partial charge on any atom is -0.469 e. The molecule has 0 radical (unpaired) electrons. The van der Waals surface area contributed by atoms with Crippen molar-refractivity contribution in [3.63, 3.8) is 0 Å². The maximum absolute atomic E-state index is 11.6. The molecule has 3 aliphatic heterocycles. The first kappa shape index (κ1) is 33.6. The van der Waals surface area contributed by atoms with Gasteiger partial charge in [-0.05, 0) is 76.0 Å². The average molecular weight is 691 g/mol. The fourth-order valence-corrected chi connectivity index (χ4v) is 7.90. The van der Waals surface area contributed by atoms with E-state index >= 15 is 0 Å². The maximum atomic E-state index is 11.6. The van der Waals surface area contributed by atoms with E-state index in [1.165, 1.54) is 39.2 Å². The lowest BCUT2D eigenvalue weighted by Crippen LogP contribution is -2.32. The summed E-state index contributed by atoms with van der Waals surface area (Å²) in [6.45, 7) is 6.21. The molecule has 0 aromatic carbocycles. The standard InChI is InChI=1S/C33H55IO7/c1-4-5-11-23(2)20-24(39-32-14-6-8-18-37-32)16-17-25-26-21-30(27(34)12-10-13-31(35)36-3)40-29(26)22-28(25)41-33-15-7-9-19-38-33/h16-17,23-30,32-33H,4-15,18-22H2,1-3H3/b17-16+/t23-,24+,25+,26+,27?,28+,29-,30?,32?,33?/m0/s1. The molecule has 4 unspecified atom stereocenters. The van der Waals surface area contributed by atoms with Crippen molar-refractivity contribution in [3.05, 3.63) is 12.2 Å². The van der Waals surface area contributed by atoms with Crippen LogP contribution in [0.2, 0.25) is 0 Å². The second-order valence-electron chi connectivity index (χ2n) is 12.7. The summed E-state index contributed by atoms with van der Waals surface area (Å²) in [5.41, 5.74) is 0. The van der Waals surface area contributed by atoms with Crippen molar-refractivity contribution in [2.45, 2.75) is 151 Å². The van der Waals surface area contributed by atoms with E-state index in [4.69, 9.17) is 28.4 Å². The monoisotopic (exact) mass is 690 g/mol. The molecule has 8 heteroatoms. The smallest absolute Gasteiger partial charge is 0.305 e. The summed E-state index contributed by atoms with van der Waals surface area (Å²) in [6.07, 6.45) is 20.6. The van der Waals surface area contributed by atoms with Gasteiger partial charge in [0.25, 0.3) is 0 Å². The van der Waals surface area contributed by atoms with Crippen LogP contribution in [0, 0.1) is 17.8 Å². The van der Waals surface area contributed by atoms with Crippen LogP contribution < -0.4 is 0 Å². The summed E-state index contributed by atoms with van der Waals surface area (Å²) in [7, 11) is 1.46. The predicted octanol–water partition coefficient (Wildman–Crippen LogP) is 7.52. The molecule has 0 N–H and O–H groups in total. The summed E-state index contributed by atoms with van der Waals surface area (Å²) >= 11 is 2.53. The van der Waals surface area contributed by atoms with Crippen molar-refractivity contribution >= 4 is 28.6 Å². The summed E-state index contributed by atoms with van der Waals surface area (Å²) in [5.74, 6) is 1.17. The van der Waals surface area contributed by atoms with Crippen molar-refractivity contribution in [1.82, 2.24) is 0 Å². The van der Waals surface area contributed by atoms with Crippen LogP contribution in [0.15, 0.2) is 12.2 Å². The first-order chi connectivity index (χ1) is 20.0. The van der Waals surface area contributed by atoms with Crippen LogP contribution in [0.3, 0.4) is 0 Å². The van der Waals surface area contributed by atoms with Gasteiger partial charge in [0.1, 0.15) is 0 Å². The molecule has 1 saturated carbocycles. The number of fused-ring (bicyclic) bond motifs is 1. The van der Waals surface area contributed by atoms with Crippen molar-refractivity contribution in [2.75, 3.05) is 20.3 Å². The number of alkyl halides is 1. The molecular weight excluding hydrogens is 635 g/mol. The van der Waals surface area contributed by atoms with E-state index in [1.807, 2.05) is 0 Å². The van der Waals surface area contributed by atoms with E-state index in [2.05, 4.69) is 48.6 Å². The number of methoxy groups -OCH3 is 1. The number of carbonyl (C=O) groups excluding carboxylic acids is 1. The van der Waals surface area contributed by atoms with Crippen molar-refractivity contribution < 1.29 is 33.2 Å². The van der Waals surface area contributed by atoms with Gasteiger partial charge < -0.3 is 28.4 Å². The SMILES string of the molecule is CCCC[C@H](C)C[C@@H](/C=C/[C@@H]1[C@H]2CC(C(I)CCCC(=O)OC)O[C@H]2C[C@H]1OC1CCCCO1)OC1CCCCO1. The van der Waals surface area contributed by atoms with Crippen LogP contribution in [-0.2, 0) is 33.2 Å². The van der Waals surface area contributed by atoms with Crippen LogP contribution >= 0.6 is 22.6 Å². The first-order valence-electron chi connectivity index (χ1n) is 16.6. The van der Waals surface area contributed by atoms with E-state index < -0.39 is 0 Å². The summed E-state index contributed by atoms with van der Waals surface area (Å²) in [4.78, 5) is 11.6. The lowest BCUT2D eigenvalue weighted by atomic mass is 9.88. The zero-order chi connectivity index (χ0) is 29.0. The summed E-state index contributed by atoms with van der Waals surface area (Å²) in [5, 5.41) is 0. The van der Waals surface area contributed by atoms with Crippen LogP contribution in [-0.4, -0.2) is 67.2 Å².